The van der Waals surface area contributed by atoms with Crippen LogP contribution in [0.5, 0.6) is 0 Å². The lowest BCUT2D eigenvalue weighted by Crippen LogP contribution is -2.58. The molecule has 0 spiro atoms. The van der Waals surface area contributed by atoms with Gasteiger partial charge < -0.3 is 20.9 Å². The molecule has 3 amide bonds. The molecule has 1 aliphatic rings. The molecule has 1 fully saturated rings. The lowest BCUT2D eigenvalue weighted by molar-refractivity contribution is -0.139. The van der Waals surface area contributed by atoms with Crippen LogP contribution < -0.4 is 11.1 Å². The predicted octanol–water partition coefficient (Wildman–Crippen LogP) is 2.53. The fraction of sp³-hybridized carbons (Fsp3) is 0.250. The summed E-state index contributed by atoms with van der Waals surface area (Å²) in [5.41, 5.74) is 8.05. The normalized spacial score (nSPS) is 16.7. The molecule has 1 aromatic carbocycles. The van der Waals surface area contributed by atoms with Crippen LogP contribution in [0.3, 0.4) is 0 Å². The number of carbonyl (C=O) groups excluding carboxylic acids is 2. The average molecular weight is 426 g/mol. The van der Waals surface area contributed by atoms with Crippen molar-refractivity contribution in [2.24, 2.45) is 0 Å². The molecule has 10 heteroatoms. The van der Waals surface area contributed by atoms with Crippen LogP contribution in [0.1, 0.15) is 12.5 Å². The van der Waals surface area contributed by atoms with E-state index in [1.807, 2.05) is 18.2 Å². The number of benzene rings is 1. The number of pyridine rings is 1. The Labute approximate surface area is 177 Å². The Morgan fingerprint density at radius 3 is 2.83 bits per heavy atom. The van der Waals surface area contributed by atoms with Gasteiger partial charge in [0.05, 0.1) is 17.4 Å². The number of nitrogens with two attached hydrogens (primary N) is 1. The minimum Gasteiger partial charge on any atom is -0.383 e. The van der Waals surface area contributed by atoms with Crippen molar-refractivity contribution in [1.29, 1.82) is 0 Å². The number of nitrogens with zero attached hydrogens (tertiary/aromatic N) is 5. The number of nitrogen functional groups attached to an aromatic ring is 1. The summed E-state index contributed by atoms with van der Waals surface area (Å²) in [5.74, 6) is 0.305. The molecule has 30 heavy (non-hydrogen) atoms. The predicted molar refractivity (Wildman–Crippen MR) is 114 cm³/mol. The van der Waals surface area contributed by atoms with Gasteiger partial charge in [-0.15, -0.1) is 0 Å². The van der Waals surface area contributed by atoms with Gasteiger partial charge in [-0.25, -0.2) is 19.7 Å². The number of anilines is 2. The van der Waals surface area contributed by atoms with Crippen LogP contribution in [0.25, 0.3) is 10.9 Å². The zero-order valence-electron chi connectivity index (χ0n) is 16.2. The number of urea groups is 1. The third kappa shape index (κ3) is 3.97. The maximum absolute atomic E-state index is 12.9. The summed E-state index contributed by atoms with van der Waals surface area (Å²) in [7, 11) is 0. The number of nitrogens with one attached hydrogen (secondary N) is 1. The molecule has 1 aliphatic heterocycles. The number of carbonyl (C=O) groups is 2. The summed E-state index contributed by atoms with van der Waals surface area (Å²) in [6.45, 7) is 3.00. The zero-order chi connectivity index (χ0) is 21.3. The Hall–Kier alpha value is -3.46. The molecule has 3 heterocycles. The first kappa shape index (κ1) is 19.8. The molecule has 3 N–H and O–H groups in total. The van der Waals surface area contributed by atoms with Gasteiger partial charge in [-0.2, -0.15) is 0 Å². The summed E-state index contributed by atoms with van der Waals surface area (Å²) in [6.07, 6.45) is 2.89. The van der Waals surface area contributed by atoms with Crippen LogP contribution in [0, 0.1) is 0 Å². The topological polar surface area (TPSA) is 117 Å². The van der Waals surface area contributed by atoms with Crippen molar-refractivity contribution in [1.82, 2.24) is 24.8 Å². The highest BCUT2D eigenvalue weighted by Gasteiger charge is 2.34. The van der Waals surface area contributed by atoms with Gasteiger partial charge in [0.1, 0.15) is 23.3 Å². The van der Waals surface area contributed by atoms with E-state index in [1.54, 1.807) is 24.0 Å². The molecule has 0 unspecified atom stereocenters. The van der Waals surface area contributed by atoms with E-state index in [0.717, 1.165) is 16.5 Å². The molecule has 0 aliphatic carbocycles. The number of aromatic nitrogens is 3. The summed E-state index contributed by atoms with van der Waals surface area (Å²) >= 11 is 5.76. The minimum atomic E-state index is -0.586. The minimum absolute atomic E-state index is 0.118. The highest BCUT2D eigenvalue weighted by atomic mass is 35.5. The first-order valence-corrected chi connectivity index (χ1v) is 9.77. The molecule has 1 saturated heterocycles. The molecule has 0 radical (unpaired) electrons. The zero-order valence-corrected chi connectivity index (χ0v) is 17.0. The van der Waals surface area contributed by atoms with Gasteiger partial charge in [0, 0.05) is 25.0 Å². The summed E-state index contributed by atoms with van der Waals surface area (Å²) in [4.78, 5) is 40.9. The van der Waals surface area contributed by atoms with Gasteiger partial charge in [-0.3, -0.25) is 4.79 Å². The van der Waals surface area contributed by atoms with Crippen molar-refractivity contribution in [2.45, 2.75) is 19.5 Å². The Morgan fingerprint density at radius 2 is 2.07 bits per heavy atom. The standard InChI is InChI=1S/C20H20ClN7O2/c1-12-19(29)27(10-13-2-4-15-16(8-13)24-11-25-18(15)22)6-7-28(12)20(30)26-14-3-5-17(21)23-9-14/h2-5,8-9,11-12H,6-7,10H2,1H3,(H,26,30)(H2,22,24,25)/t12-/m0/s1. The molecular weight excluding hydrogens is 406 g/mol. The molecule has 4 rings (SSSR count). The summed E-state index contributed by atoms with van der Waals surface area (Å²) in [5, 5.41) is 3.87. The molecule has 1 atom stereocenters. The monoisotopic (exact) mass is 425 g/mol. The number of amides is 3. The van der Waals surface area contributed by atoms with Crippen LogP contribution >= 0.6 is 11.6 Å². The first-order valence-electron chi connectivity index (χ1n) is 9.39. The molecule has 0 bridgehead atoms. The molecule has 154 valence electrons. The van der Waals surface area contributed by atoms with Gasteiger partial charge >= 0.3 is 6.03 Å². The number of fused-ring (bicyclic) bond motifs is 1. The summed E-state index contributed by atoms with van der Waals surface area (Å²) in [6, 6.07) is 7.98. The highest BCUT2D eigenvalue weighted by Crippen LogP contribution is 2.21. The van der Waals surface area contributed by atoms with Crippen molar-refractivity contribution < 1.29 is 9.59 Å². The van der Waals surface area contributed by atoms with E-state index in [-0.39, 0.29) is 11.9 Å². The van der Waals surface area contributed by atoms with Crippen LogP contribution in [0.2, 0.25) is 5.15 Å². The number of halogens is 1. The van der Waals surface area contributed by atoms with E-state index >= 15 is 0 Å². The highest BCUT2D eigenvalue weighted by molar-refractivity contribution is 6.29. The van der Waals surface area contributed by atoms with E-state index in [0.29, 0.717) is 36.3 Å². The van der Waals surface area contributed by atoms with E-state index in [4.69, 9.17) is 17.3 Å². The van der Waals surface area contributed by atoms with E-state index in [9.17, 15) is 9.59 Å². The van der Waals surface area contributed by atoms with E-state index < -0.39 is 6.04 Å². The maximum atomic E-state index is 12.9. The second-order valence-electron chi connectivity index (χ2n) is 7.04. The number of hydrogen-bond acceptors (Lipinski definition) is 6. The van der Waals surface area contributed by atoms with E-state index in [1.165, 1.54) is 17.4 Å². The van der Waals surface area contributed by atoms with Gasteiger partial charge in [0.2, 0.25) is 5.91 Å². The van der Waals surface area contributed by atoms with Crippen LogP contribution in [0.15, 0.2) is 42.9 Å². The van der Waals surface area contributed by atoms with Gasteiger partial charge in [-0.1, -0.05) is 17.7 Å². The molecule has 3 aromatic rings. The third-order valence-electron chi connectivity index (χ3n) is 5.09. The third-order valence-corrected chi connectivity index (χ3v) is 5.32. The van der Waals surface area contributed by atoms with E-state index in [2.05, 4.69) is 20.3 Å². The second-order valence-corrected chi connectivity index (χ2v) is 7.43. The summed E-state index contributed by atoms with van der Waals surface area (Å²) < 4.78 is 0. The van der Waals surface area contributed by atoms with Crippen LogP contribution in [-0.4, -0.2) is 55.8 Å². The van der Waals surface area contributed by atoms with Crippen LogP contribution in [0.4, 0.5) is 16.3 Å². The number of rotatable bonds is 3. The number of piperazine rings is 1. The Morgan fingerprint density at radius 1 is 1.23 bits per heavy atom. The quantitative estimate of drug-likeness (QED) is 0.622. The SMILES string of the molecule is C[C@H]1C(=O)N(Cc2ccc3c(N)ncnc3c2)CCN1C(=O)Nc1ccc(Cl)nc1. The smallest absolute Gasteiger partial charge is 0.322 e. The van der Waals surface area contributed by atoms with Gasteiger partial charge in [0.15, 0.2) is 0 Å². The number of hydrogen-bond donors (Lipinski definition) is 2. The van der Waals surface area contributed by atoms with Gasteiger partial charge in [0.25, 0.3) is 0 Å². The second kappa shape index (κ2) is 8.11. The molecule has 0 saturated carbocycles. The lowest BCUT2D eigenvalue weighted by Gasteiger charge is -2.39. The molecule has 9 nitrogen and oxygen atoms in total. The van der Waals surface area contributed by atoms with Crippen molar-refractivity contribution >= 4 is 45.9 Å². The fourth-order valence-electron chi connectivity index (χ4n) is 3.45. The van der Waals surface area contributed by atoms with Crippen molar-refractivity contribution in [3.05, 3.63) is 53.6 Å². The fourth-order valence-corrected chi connectivity index (χ4v) is 3.56. The van der Waals surface area contributed by atoms with Crippen molar-refractivity contribution in [3.63, 3.8) is 0 Å². The average Bonchev–Trinajstić information content (AvgIpc) is 2.73. The Kier molecular flexibility index (Phi) is 5.37. The lowest BCUT2D eigenvalue weighted by atomic mass is 10.1. The Bertz CT molecular complexity index is 1110. The van der Waals surface area contributed by atoms with Crippen LogP contribution in [-0.2, 0) is 11.3 Å². The largest absolute Gasteiger partial charge is 0.383 e. The first-order chi connectivity index (χ1) is 14.4. The Balaban J connectivity index is 1.43. The maximum Gasteiger partial charge on any atom is 0.322 e. The van der Waals surface area contributed by atoms with Crippen molar-refractivity contribution in [2.75, 3.05) is 24.1 Å². The van der Waals surface area contributed by atoms with Crippen molar-refractivity contribution in [3.8, 4) is 0 Å². The molecule has 2 aromatic heterocycles. The van der Waals surface area contributed by atoms with Gasteiger partial charge in [-0.05, 0) is 36.8 Å². The molecular formula is C20H20ClN7O2.